The van der Waals surface area contributed by atoms with Crippen LogP contribution in [0, 0.1) is 53.3 Å². The maximum absolute atomic E-state index is 13.8. The van der Waals surface area contributed by atoms with Crippen molar-refractivity contribution in [2.24, 2.45) is 64.1 Å². The second kappa shape index (κ2) is 13.3. The number of nitrogens with two attached hydrogens (primary N) is 1. The monoisotopic (exact) mass is 545 g/mol. The smallest absolute Gasteiger partial charge is 0.332 e. The van der Waals surface area contributed by atoms with Crippen molar-refractivity contribution in [3.8, 4) is 0 Å². The Morgan fingerprint density at radius 1 is 0.846 bits per heavy atom. The lowest BCUT2D eigenvalue weighted by atomic mass is 9.71. The summed E-state index contributed by atoms with van der Waals surface area (Å²) in [5.41, 5.74) is 8.65. The number of amides is 2. The van der Waals surface area contributed by atoms with E-state index in [-0.39, 0.29) is 24.1 Å². The molecule has 3 rings (SSSR count). The van der Waals surface area contributed by atoms with Crippen molar-refractivity contribution in [1.82, 2.24) is 5.43 Å². The van der Waals surface area contributed by atoms with Crippen LogP contribution in [0.5, 0.6) is 0 Å². The molecule has 3 aliphatic carbocycles. The van der Waals surface area contributed by atoms with Gasteiger partial charge in [0.15, 0.2) is 0 Å². The summed E-state index contributed by atoms with van der Waals surface area (Å²) in [5.74, 6) is -0.198. The van der Waals surface area contributed by atoms with Gasteiger partial charge in [-0.15, -0.1) is 0 Å². The van der Waals surface area contributed by atoms with Crippen molar-refractivity contribution in [2.75, 3.05) is 0 Å². The minimum absolute atomic E-state index is 0.131. The van der Waals surface area contributed by atoms with Crippen LogP contribution in [-0.2, 0) is 19.1 Å². The maximum Gasteiger partial charge on any atom is 0.332 e. The minimum Gasteiger partial charge on any atom is -0.462 e. The average molecular weight is 546 g/mol. The number of rotatable bonds is 7. The molecule has 0 aliphatic heterocycles. The molecule has 0 heterocycles. The number of esters is 2. The normalized spacial score (nSPS) is 36.4. The van der Waals surface area contributed by atoms with Gasteiger partial charge in [0.1, 0.15) is 18.1 Å². The molecule has 8 nitrogen and oxygen atoms in total. The van der Waals surface area contributed by atoms with E-state index in [0.717, 1.165) is 44.1 Å². The molecule has 2 fully saturated rings. The van der Waals surface area contributed by atoms with E-state index in [9.17, 15) is 14.4 Å². The van der Waals surface area contributed by atoms with Gasteiger partial charge < -0.3 is 15.2 Å². The lowest BCUT2D eigenvalue weighted by Crippen LogP contribution is -2.46. The van der Waals surface area contributed by atoms with Crippen LogP contribution in [0.4, 0.5) is 4.79 Å². The van der Waals surface area contributed by atoms with Crippen LogP contribution in [0.1, 0.15) is 93.9 Å². The summed E-state index contributed by atoms with van der Waals surface area (Å²) in [5, 5.41) is 4.17. The topological polar surface area (TPSA) is 120 Å². The molecule has 39 heavy (non-hydrogen) atoms. The van der Waals surface area contributed by atoms with Crippen molar-refractivity contribution >= 4 is 23.7 Å². The van der Waals surface area contributed by atoms with Crippen molar-refractivity contribution < 1.29 is 23.9 Å². The van der Waals surface area contributed by atoms with Crippen molar-refractivity contribution in [3.63, 3.8) is 0 Å². The molecule has 0 aromatic rings. The SMILES string of the molecule is CC1=C/C(=N\NC(N)=O)[C@@H](C(=O)O[C@@H]2C[C@H](C)CC[C@@H]2C(C)C)[C@@H](C)[C@H]1C(=O)O[C@@H]1C[C@@H](C)CC[C@@H]1C(C)C. The highest BCUT2D eigenvalue weighted by Crippen LogP contribution is 2.41. The predicted molar refractivity (Wildman–Crippen MR) is 153 cm³/mol. The molecule has 0 aromatic carbocycles. The summed E-state index contributed by atoms with van der Waals surface area (Å²) in [6, 6.07) is -0.818. The first kappa shape index (κ1) is 31.2. The van der Waals surface area contributed by atoms with Crippen molar-refractivity contribution in [3.05, 3.63) is 11.6 Å². The van der Waals surface area contributed by atoms with Gasteiger partial charge in [0.05, 0.1) is 11.6 Å². The number of allylic oxidation sites excluding steroid dienone is 1. The Hall–Kier alpha value is -2.38. The number of hydrogen-bond donors (Lipinski definition) is 2. The number of hydrazone groups is 1. The number of primary amides is 1. The summed E-state index contributed by atoms with van der Waals surface area (Å²) in [4.78, 5) is 39.0. The largest absolute Gasteiger partial charge is 0.462 e. The zero-order chi connectivity index (χ0) is 29.0. The third kappa shape index (κ3) is 7.63. The highest BCUT2D eigenvalue weighted by Gasteiger charge is 2.46. The Labute approximate surface area is 234 Å². The zero-order valence-electron chi connectivity index (χ0n) is 25.2. The van der Waals surface area contributed by atoms with Gasteiger partial charge in [-0.25, -0.2) is 10.2 Å². The van der Waals surface area contributed by atoms with E-state index in [2.05, 4.69) is 52.1 Å². The molecule has 9 atom stereocenters. The van der Waals surface area contributed by atoms with E-state index in [4.69, 9.17) is 15.2 Å². The fourth-order valence-corrected chi connectivity index (χ4v) is 7.19. The molecule has 0 saturated heterocycles. The van der Waals surface area contributed by atoms with Gasteiger partial charge in [-0.2, -0.15) is 5.10 Å². The second-order valence-corrected chi connectivity index (χ2v) is 13.3. The number of carbonyl (C=O) groups is 3. The highest BCUT2D eigenvalue weighted by molar-refractivity contribution is 6.11. The third-order valence-corrected chi connectivity index (χ3v) is 9.50. The predicted octanol–water partition coefficient (Wildman–Crippen LogP) is 5.85. The highest BCUT2D eigenvalue weighted by atomic mass is 16.5. The van der Waals surface area contributed by atoms with Gasteiger partial charge in [-0.1, -0.05) is 66.9 Å². The van der Waals surface area contributed by atoms with E-state index in [0.29, 0.717) is 35.3 Å². The molecule has 220 valence electrons. The first-order valence-electron chi connectivity index (χ1n) is 15.0. The van der Waals surface area contributed by atoms with Gasteiger partial charge in [0, 0.05) is 0 Å². The fourth-order valence-electron chi connectivity index (χ4n) is 7.19. The summed E-state index contributed by atoms with van der Waals surface area (Å²) in [7, 11) is 0. The Kier molecular flexibility index (Phi) is 10.6. The van der Waals surface area contributed by atoms with Gasteiger partial charge in [0.25, 0.3) is 0 Å². The van der Waals surface area contributed by atoms with Crippen LogP contribution < -0.4 is 11.2 Å². The van der Waals surface area contributed by atoms with Crippen molar-refractivity contribution in [2.45, 2.75) is 106 Å². The summed E-state index contributed by atoms with van der Waals surface area (Å²) in [6.07, 6.45) is 7.40. The number of urea groups is 1. The van der Waals surface area contributed by atoms with E-state index in [1.54, 1.807) is 6.08 Å². The molecular formula is C31H51N3O5. The molecule has 3 aliphatic rings. The van der Waals surface area contributed by atoms with Crippen LogP contribution in [0.15, 0.2) is 16.8 Å². The lowest BCUT2D eigenvalue weighted by Gasteiger charge is -2.40. The number of carbonyl (C=O) groups excluding carboxylic acids is 3. The summed E-state index contributed by atoms with van der Waals surface area (Å²) < 4.78 is 12.4. The quantitative estimate of drug-likeness (QED) is 0.307. The molecule has 8 heteroatoms. The average Bonchev–Trinajstić information content (AvgIpc) is 2.82. The first-order chi connectivity index (χ1) is 18.3. The van der Waals surface area contributed by atoms with Crippen molar-refractivity contribution in [1.29, 1.82) is 0 Å². The van der Waals surface area contributed by atoms with Gasteiger partial charge >= 0.3 is 18.0 Å². The van der Waals surface area contributed by atoms with Gasteiger partial charge in [0.2, 0.25) is 0 Å². The van der Waals surface area contributed by atoms with Crippen LogP contribution in [0.2, 0.25) is 0 Å². The molecule has 0 spiro atoms. The van der Waals surface area contributed by atoms with Crippen LogP contribution in [0.25, 0.3) is 0 Å². The number of nitrogens with one attached hydrogen (secondary N) is 1. The Balaban J connectivity index is 1.88. The molecular weight excluding hydrogens is 494 g/mol. The molecule has 0 radical (unpaired) electrons. The summed E-state index contributed by atoms with van der Waals surface area (Å²) in [6.45, 7) is 16.8. The van der Waals surface area contributed by atoms with Gasteiger partial charge in [-0.05, 0) is 80.1 Å². The van der Waals surface area contributed by atoms with Gasteiger partial charge in [-0.3, -0.25) is 9.59 Å². The summed E-state index contributed by atoms with van der Waals surface area (Å²) >= 11 is 0. The van der Waals surface area contributed by atoms with Crippen LogP contribution >= 0.6 is 0 Å². The molecule has 0 unspecified atom stereocenters. The standard InChI is InChI=1S/C31H51N3O5/c1-16(2)22-11-9-18(5)13-25(22)38-29(35)27-20(7)15-24(33-34-31(32)37)28(21(27)8)30(36)39-26-14-19(6)10-12-23(26)17(3)4/h15-19,21-23,25-28H,9-14H2,1-8H3,(H3,32,34,37)/b33-24+/t18-,19+,21-,22+,23+,25+,26+,27-,28-/m0/s1. The lowest BCUT2D eigenvalue weighted by molar-refractivity contribution is -0.165. The Morgan fingerprint density at radius 3 is 1.74 bits per heavy atom. The van der Waals surface area contributed by atoms with E-state index in [1.807, 2.05) is 13.8 Å². The van der Waals surface area contributed by atoms with E-state index < -0.39 is 29.8 Å². The van der Waals surface area contributed by atoms with Crippen LogP contribution in [-0.4, -0.2) is 35.9 Å². The fraction of sp³-hybridized carbons (Fsp3) is 0.806. The molecule has 3 N–H and O–H groups in total. The van der Waals surface area contributed by atoms with E-state index >= 15 is 0 Å². The van der Waals surface area contributed by atoms with E-state index in [1.165, 1.54) is 0 Å². The zero-order valence-corrected chi connectivity index (χ0v) is 25.2. The molecule has 0 aromatic heterocycles. The molecule has 2 amide bonds. The second-order valence-electron chi connectivity index (χ2n) is 13.3. The Bertz CT molecular complexity index is 958. The Morgan fingerprint density at radius 2 is 1.31 bits per heavy atom. The maximum atomic E-state index is 13.8. The number of nitrogens with zero attached hydrogens (tertiary/aromatic N) is 1. The van der Waals surface area contributed by atoms with Crippen LogP contribution in [0.3, 0.4) is 0 Å². The third-order valence-electron chi connectivity index (χ3n) is 9.50. The minimum atomic E-state index is -0.825. The number of ether oxygens (including phenoxy) is 2. The molecule has 2 saturated carbocycles. The molecule has 0 bridgehead atoms. The first-order valence-corrected chi connectivity index (χ1v) is 15.0. The number of hydrogen-bond acceptors (Lipinski definition) is 6.